The molecule has 1 aromatic carbocycles. The van der Waals surface area contributed by atoms with Crippen molar-refractivity contribution in [2.75, 3.05) is 0 Å². The van der Waals surface area contributed by atoms with Crippen molar-refractivity contribution in [3.63, 3.8) is 0 Å². The van der Waals surface area contributed by atoms with Crippen LogP contribution in [0.2, 0.25) is 0 Å². The molecule has 3 aromatic rings. The molecule has 2 aromatic heterocycles. The van der Waals surface area contributed by atoms with Gasteiger partial charge in [-0.2, -0.15) is 0 Å². The van der Waals surface area contributed by atoms with Crippen LogP contribution in [0.25, 0.3) is 22.4 Å². The van der Waals surface area contributed by atoms with E-state index in [1.807, 2.05) is 6.92 Å². The number of aromatic nitrogens is 3. The molecule has 0 fully saturated rings. The lowest BCUT2D eigenvalue weighted by molar-refractivity contribution is -0.140. The third-order valence-electron chi connectivity index (χ3n) is 4.02. The number of rotatable bonds is 5. The van der Waals surface area contributed by atoms with Gasteiger partial charge in [-0.1, -0.05) is 6.92 Å². The molecule has 122 valence electrons. The Labute approximate surface area is 138 Å². The summed E-state index contributed by atoms with van der Waals surface area (Å²) in [6.07, 6.45) is 3.71. The molecule has 2 heterocycles. The fourth-order valence-corrected chi connectivity index (χ4v) is 2.81. The second kappa shape index (κ2) is 6.23. The normalized spacial score (nSPS) is 12.2. The summed E-state index contributed by atoms with van der Waals surface area (Å²) in [5, 5.41) is 9.60. The molecule has 0 saturated carbocycles. The predicted octanol–water partition coefficient (Wildman–Crippen LogP) is 3.34. The van der Waals surface area contributed by atoms with Crippen LogP contribution in [0.1, 0.15) is 36.7 Å². The molecule has 6 nitrogen and oxygen atoms in total. The third kappa shape index (κ3) is 2.67. The number of imidazole rings is 1. The van der Waals surface area contributed by atoms with Crippen LogP contribution in [0.3, 0.4) is 0 Å². The van der Waals surface area contributed by atoms with Gasteiger partial charge in [0.1, 0.15) is 11.9 Å². The van der Waals surface area contributed by atoms with E-state index in [9.17, 15) is 14.7 Å². The number of pyridine rings is 1. The van der Waals surface area contributed by atoms with E-state index in [1.54, 1.807) is 47.3 Å². The van der Waals surface area contributed by atoms with Crippen molar-refractivity contribution >= 4 is 22.8 Å². The van der Waals surface area contributed by atoms with Gasteiger partial charge in [0, 0.05) is 23.5 Å². The number of carboxylic acid groups (broad SMARTS) is 1. The third-order valence-corrected chi connectivity index (χ3v) is 4.02. The number of hydrogen-bond acceptors (Lipinski definition) is 4. The molecule has 24 heavy (non-hydrogen) atoms. The number of nitrogens with zero attached hydrogens (tertiary/aromatic N) is 3. The van der Waals surface area contributed by atoms with Gasteiger partial charge in [-0.25, -0.2) is 9.78 Å². The number of ketones is 1. The summed E-state index contributed by atoms with van der Waals surface area (Å²) in [4.78, 5) is 31.9. The zero-order valence-corrected chi connectivity index (χ0v) is 13.4. The maximum absolute atomic E-state index is 11.7. The van der Waals surface area contributed by atoms with Crippen LogP contribution in [0, 0.1) is 0 Å². The van der Waals surface area contributed by atoms with Crippen molar-refractivity contribution in [3.8, 4) is 11.4 Å². The van der Waals surface area contributed by atoms with Crippen LogP contribution >= 0.6 is 0 Å². The molecule has 1 atom stereocenters. The van der Waals surface area contributed by atoms with Crippen LogP contribution in [0.5, 0.6) is 0 Å². The first kappa shape index (κ1) is 15.9. The maximum Gasteiger partial charge on any atom is 0.326 e. The van der Waals surface area contributed by atoms with Gasteiger partial charge in [-0.15, -0.1) is 0 Å². The van der Waals surface area contributed by atoms with E-state index in [0.29, 0.717) is 28.8 Å². The molecule has 0 aliphatic rings. The van der Waals surface area contributed by atoms with Crippen LogP contribution in [0.15, 0.2) is 42.7 Å². The minimum absolute atomic E-state index is 0.0535. The quantitative estimate of drug-likeness (QED) is 0.728. The van der Waals surface area contributed by atoms with Crippen LogP contribution in [-0.2, 0) is 4.79 Å². The van der Waals surface area contributed by atoms with Crippen molar-refractivity contribution in [2.45, 2.75) is 26.3 Å². The lowest BCUT2D eigenvalue weighted by Gasteiger charge is -2.16. The topological polar surface area (TPSA) is 85.1 Å². The number of aliphatic carboxylic acids is 1. The van der Waals surface area contributed by atoms with Gasteiger partial charge in [0.05, 0.1) is 11.0 Å². The van der Waals surface area contributed by atoms with Gasteiger partial charge in [-0.05, 0) is 43.7 Å². The first-order valence-electron chi connectivity index (χ1n) is 7.69. The molecule has 3 rings (SSSR count). The summed E-state index contributed by atoms with van der Waals surface area (Å²) in [6, 6.07) is 8.01. The van der Waals surface area contributed by atoms with E-state index in [-0.39, 0.29) is 5.78 Å². The Morgan fingerprint density at radius 3 is 2.50 bits per heavy atom. The van der Waals surface area contributed by atoms with E-state index in [0.717, 1.165) is 5.56 Å². The molecule has 1 unspecified atom stereocenters. The van der Waals surface area contributed by atoms with Gasteiger partial charge in [0.25, 0.3) is 0 Å². The Hall–Kier alpha value is -3.02. The average Bonchev–Trinajstić information content (AvgIpc) is 2.94. The number of fused-ring (bicyclic) bond motifs is 1. The van der Waals surface area contributed by atoms with Gasteiger partial charge in [-0.3, -0.25) is 9.78 Å². The van der Waals surface area contributed by atoms with Crippen LogP contribution < -0.4 is 0 Å². The molecule has 1 N–H and O–H groups in total. The van der Waals surface area contributed by atoms with Gasteiger partial charge >= 0.3 is 5.97 Å². The zero-order valence-electron chi connectivity index (χ0n) is 13.4. The largest absolute Gasteiger partial charge is 0.480 e. The molecular formula is C18H17N3O3. The Kier molecular flexibility index (Phi) is 4.12. The summed E-state index contributed by atoms with van der Waals surface area (Å²) < 4.78 is 1.72. The van der Waals surface area contributed by atoms with E-state index in [4.69, 9.17) is 0 Å². The average molecular weight is 323 g/mol. The minimum Gasteiger partial charge on any atom is -0.480 e. The van der Waals surface area contributed by atoms with E-state index in [1.165, 1.54) is 6.92 Å². The molecule has 0 bridgehead atoms. The highest BCUT2D eigenvalue weighted by molar-refractivity contribution is 5.98. The fraction of sp³-hybridized carbons (Fsp3) is 0.222. The van der Waals surface area contributed by atoms with Crippen molar-refractivity contribution in [1.29, 1.82) is 0 Å². The number of carboxylic acids is 1. The van der Waals surface area contributed by atoms with Gasteiger partial charge in [0.15, 0.2) is 5.78 Å². The number of benzene rings is 1. The molecule has 0 spiro atoms. The molecule has 0 aliphatic carbocycles. The Morgan fingerprint density at radius 2 is 1.92 bits per heavy atom. The van der Waals surface area contributed by atoms with Crippen molar-refractivity contribution in [3.05, 3.63) is 48.3 Å². The minimum atomic E-state index is -0.914. The fourth-order valence-electron chi connectivity index (χ4n) is 2.81. The Bertz CT molecular complexity index is 916. The lowest BCUT2D eigenvalue weighted by atomic mass is 10.1. The van der Waals surface area contributed by atoms with Crippen LogP contribution in [-0.4, -0.2) is 31.4 Å². The van der Waals surface area contributed by atoms with Crippen molar-refractivity contribution in [1.82, 2.24) is 14.5 Å². The van der Waals surface area contributed by atoms with Crippen LogP contribution in [0.4, 0.5) is 0 Å². The molecule has 0 saturated heterocycles. The number of Topliss-reactive ketones (excluding diaryl/α,β-unsaturated/α-hetero) is 1. The first-order valence-corrected chi connectivity index (χ1v) is 7.69. The predicted molar refractivity (Wildman–Crippen MR) is 89.9 cm³/mol. The van der Waals surface area contributed by atoms with E-state index < -0.39 is 12.0 Å². The molecule has 0 aliphatic heterocycles. The highest BCUT2D eigenvalue weighted by atomic mass is 16.4. The van der Waals surface area contributed by atoms with E-state index in [2.05, 4.69) is 9.97 Å². The lowest BCUT2D eigenvalue weighted by Crippen LogP contribution is -2.19. The highest BCUT2D eigenvalue weighted by Gasteiger charge is 2.24. The molecule has 6 heteroatoms. The monoisotopic (exact) mass is 323 g/mol. The summed E-state index contributed by atoms with van der Waals surface area (Å²) in [5.41, 5.74) is 2.64. The number of hydrogen-bond donors (Lipinski definition) is 1. The molecule has 0 radical (unpaired) electrons. The molecular weight excluding hydrogens is 306 g/mol. The van der Waals surface area contributed by atoms with E-state index >= 15 is 0 Å². The Balaban J connectivity index is 2.32. The second-order valence-corrected chi connectivity index (χ2v) is 5.56. The standard InChI is InChI=1S/C18H17N3O3/c1-3-15(18(23)24)21-16-5-4-13(11(2)22)10-14(16)20-17(21)12-6-8-19-9-7-12/h4-10,15H,3H2,1-2H3,(H,23,24). The van der Waals surface area contributed by atoms with Crippen molar-refractivity contribution in [2.24, 2.45) is 0 Å². The zero-order chi connectivity index (χ0) is 17.3. The summed E-state index contributed by atoms with van der Waals surface area (Å²) >= 11 is 0. The van der Waals surface area contributed by atoms with Gasteiger partial charge in [0.2, 0.25) is 0 Å². The smallest absolute Gasteiger partial charge is 0.326 e. The maximum atomic E-state index is 11.7. The summed E-state index contributed by atoms with van der Waals surface area (Å²) in [7, 11) is 0. The number of carbonyl (C=O) groups is 2. The highest BCUT2D eigenvalue weighted by Crippen LogP contribution is 2.30. The Morgan fingerprint density at radius 1 is 1.21 bits per heavy atom. The molecule has 0 amide bonds. The SMILES string of the molecule is CCC(C(=O)O)n1c(-c2ccncc2)nc2cc(C(C)=O)ccc21. The van der Waals surface area contributed by atoms with Gasteiger partial charge < -0.3 is 9.67 Å². The second-order valence-electron chi connectivity index (χ2n) is 5.56. The summed E-state index contributed by atoms with van der Waals surface area (Å²) in [5.74, 6) is -0.410. The van der Waals surface area contributed by atoms with Crippen molar-refractivity contribution < 1.29 is 14.7 Å². The summed E-state index contributed by atoms with van der Waals surface area (Å²) in [6.45, 7) is 3.32. The number of carbonyl (C=O) groups excluding carboxylic acids is 1. The first-order chi connectivity index (χ1) is 11.5.